The summed E-state index contributed by atoms with van der Waals surface area (Å²) in [6.07, 6.45) is 6.22. The van der Waals surface area contributed by atoms with Crippen molar-refractivity contribution in [2.75, 3.05) is 13.1 Å². The van der Waals surface area contributed by atoms with Gasteiger partial charge < -0.3 is 5.11 Å². The molecule has 3 aromatic rings. The zero-order valence-corrected chi connectivity index (χ0v) is 13.7. The van der Waals surface area contributed by atoms with E-state index in [1.807, 2.05) is 24.5 Å². The molecule has 0 saturated carbocycles. The molecule has 0 aliphatic carbocycles. The molecule has 1 aliphatic rings. The largest absolute Gasteiger partial charge is 0.508 e. The molecule has 3 heteroatoms. The number of likely N-dealkylation sites (tertiary alicyclic amines) is 1. The number of rotatable bonds is 3. The van der Waals surface area contributed by atoms with Crippen LogP contribution in [-0.2, 0) is 6.54 Å². The molecule has 122 valence electrons. The number of nitrogens with zero attached hydrogens (tertiary/aromatic N) is 2. The lowest BCUT2D eigenvalue weighted by atomic mass is 9.90. The van der Waals surface area contributed by atoms with E-state index < -0.39 is 0 Å². The first-order valence-electron chi connectivity index (χ1n) is 8.62. The molecule has 0 spiro atoms. The van der Waals surface area contributed by atoms with Gasteiger partial charge in [0.25, 0.3) is 0 Å². The van der Waals surface area contributed by atoms with Crippen molar-refractivity contribution in [1.82, 2.24) is 9.88 Å². The van der Waals surface area contributed by atoms with E-state index in [2.05, 4.69) is 40.2 Å². The highest BCUT2D eigenvalue weighted by Crippen LogP contribution is 2.28. The molecule has 0 amide bonds. The lowest BCUT2D eigenvalue weighted by Gasteiger charge is -2.32. The summed E-state index contributed by atoms with van der Waals surface area (Å²) in [5.74, 6) is 0.997. The average molecular weight is 318 g/mol. The first-order valence-corrected chi connectivity index (χ1v) is 8.62. The van der Waals surface area contributed by atoms with E-state index in [0.29, 0.717) is 11.7 Å². The van der Waals surface area contributed by atoms with Gasteiger partial charge in [-0.25, -0.2) is 0 Å². The highest BCUT2D eigenvalue weighted by molar-refractivity contribution is 5.84. The lowest BCUT2D eigenvalue weighted by molar-refractivity contribution is 0.204. The quantitative estimate of drug-likeness (QED) is 0.781. The highest BCUT2D eigenvalue weighted by Gasteiger charge is 2.20. The minimum Gasteiger partial charge on any atom is -0.508 e. The van der Waals surface area contributed by atoms with Crippen molar-refractivity contribution < 1.29 is 5.11 Å². The molecule has 1 aromatic heterocycles. The molecule has 0 unspecified atom stereocenters. The first kappa shape index (κ1) is 15.2. The van der Waals surface area contributed by atoms with Crippen molar-refractivity contribution in [1.29, 1.82) is 0 Å². The number of benzene rings is 2. The van der Waals surface area contributed by atoms with Gasteiger partial charge in [0, 0.05) is 18.9 Å². The van der Waals surface area contributed by atoms with Crippen LogP contribution in [0.25, 0.3) is 10.8 Å². The van der Waals surface area contributed by atoms with Crippen LogP contribution in [0.4, 0.5) is 0 Å². The van der Waals surface area contributed by atoms with Crippen molar-refractivity contribution in [2.45, 2.75) is 25.3 Å². The molecular formula is C21H22N2O. The third-order valence-electron chi connectivity index (χ3n) is 5.06. The van der Waals surface area contributed by atoms with Gasteiger partial charge in [-0.15, -0.1) is 0 Å². The van der Waals surface area contributed by atoms with Gasteiger partial charge >= 0.3 is 0 Å². The van der Waals surface area contributed by atoms with Crippen molar-refractivity contribution >= 4 is 10.8 Å². The molecule has 0 atom stereocenters. The number of phenols is 1. The Morgan fingerprint density at radius 3 is 2.42 bits per heavy atom. The number of phenolic OH excluding ortho intramolecular Hbond substituents is 1. The van der Waals surface area contributed by atoms with Crippen LogP contribution in [0, 0.1) is 0 Å². The molecule has 1 N–H and O–H groups in total. The maximum atomic E-state index is 9.57. The van der Waals surface area contributed by atoms with E-state index in [-0.39, 0.29) is 0 Å². The average Bonchev–Trinajstić information content (AvgIpc) is 2.63. The van der Waals surface area contributed by atoms with Crippen molar-refractivity contribution in [2.24, 2.45) is 0 Å². The fourth-order valence-electron chi connectivity index (χ4n) is 3.70. The van der Waals surface area contributed by atoms with E-state index >= 15 is 0 Å². The molecule has 1 aliphatic heterocycles. The fraction of sp³-hybridized carbons (Fsp3) is 0.286. The molecule has 3 nitrogen and oxygen atoms in total. The molecular weight excluding hydrogens is 296 g/mol. The van der Waals surface area contributed by atoms with Gasteiger partial charge in [-0.05, 0) is 84.1 Å². The maximum absolute atomic E-state index is 9.57. The van der Waals surface area contributed by atoms with Crippen LogP contribution < -0.4 is 0 Å². The first-order chi connectivity index (χ1) is 11.8. The van der Waals surface area contributed by atoms with Crippen LogP contribution >= 0.6 is 0 Å². The van der Waals surface area contributed by atoms with Gasteiger partial charge in [0.2, 0.25) is 0 Å². The fourth-order valence-corrected chi connectivity index (χ4v) is 3.70. The Balaban J connectivity index is 1.41. The standard InChI is InChI=1S/C21H22N2O/c24-21-4-3-19-13-16(1-2-20(19)14-21)15-23-11-7-18(8-12-23)17-5-9-22-10-6-17/h1-6,9-10,13-14,18,24H,7-8,11-12,15H2. The van der Waals surface area contributed by atoms with Gasteiger partial charge in [0.05, 0.1) is 0 Å². The summed E-state index contributed by atoms with van der Waals surface area (Å²) in [5.41, 5.74) is 2.77. The van der Waals surface area contributed by atoms with Crippen LogP contribution in [0.15, 0.2) is 60.9 Å². The van der Waals surface area contributed by atoms with Crippen molar-refractivity contribution in [3.8, 4) is 5.75 Å². The van der Waals surface area contributed by atoms with Crippen LogP contribution in [0.2, 0.25) is 0 Å². The molecule has 0 bridgehead atoms. The molecule has 1 fully saturated rings. The number of pyridine rings is 1. The Hall–Kier alpha value is -2.39. The predicted octanol–water partition coefficient (Wildman–Crippen LogP) is 4.32. The Bertz CT molecular complexity index is 824. The normalized spacial score (nSPS) is 16.5. The van der Waals surface area contributed by atoms with Gasteiger partial charge in [-0.3, -0.25) is 9.88 Å². The van der Waals surface area contributed by atoms with Gasteiger partial charge in [-0.1, -0.05) is 18.2 Å². The summed E-state index contributed by atoms with van der Waals surface area (Å²) in [6.45, 7) is 3.28. The zero-order chi connectivity index (χ0) is 16.4. The van der Waals surface area contributed by atoms with Crippen molar-refractivity contribution in [3.05, 3.63) is 72.1 Å². The second-order valence-corrected chi connectivity index (χ2v) is 6.70. The summed E-state index contributed by atoms with van der Waals surface area (Å²) in [7, 11) is 0. The summed E-state index contributed by atoms with van der Waals surface area (Å²) < 4.78 is 0. The SMILES string of the molecule is Oc1ccc2cc(CN3CCC(c4ccncc4)CC3)ccc2c1. The van der Waals surface area contributed by atoms with E-state index in [1.165, 1.54) is 29.4 Å². The van der Waals surface area contributed by atoms with Gasteiger partial charge in [-0.2, -0.15) is 0 Å². The monoisotopic (exact) mass is 318 g/mol. The van der Waals surface area contributed by atoms with Crippen LogP contribution in [0.5, 0.6) is 5.75 Å². The van der Waals surface area contributed by atoms with Crippen LogP contribution in [0.1, 0.15) is 29.9 Å². The smallest absolute Gasteiger partial charge is 0.116 e. The summed E-state index contributed by atoms with van der Waals surface area (Å²) >= 11 is 0. The Morgan fingerprint density at radius 2 is 1.62 bits per heavy atom. The predicted molar refractivity (Wildman–Crippen MR) is 97.1 cm³/mol. The van der Waals surface area contributed by atoms with E-state index in [0.717, 1.165) is 25.0 Å². The number of aromatic nitrogens is 1. The highest BCUT2D eigenvalue weighted by atomic mass is 16.3. The Labute approximate surface area is 142 Å². The Morgan fingerprint density at radius 1 is 0.917 bits per heavy atom. The second-order valence-electron chi connectivity index (χ2n) is 6.70. The zero-order valence-electron chi connectivity index (χ0n) is 13.7. The topological polar surface area (TPSA) is 36.4 Å². The van der Waals surface area contributed by atoms with Crippen LogP contribution in [0.3, 0.4) is 0 Å². The Kier molecular flexibility index (Phi) is 4.18. The molecule has 24 heavy (non-hydrogen) atoms. The van der Waals surface area contributed by atoms with Gasteiger partial charge in [0.1, 0.15) is 5.75 Å². The number of aromatic hydroxyl groups is 1. The van der Waals surface area contributed by atoms with E-state index in [1.54, 1.807) is 6.07 Å². The van der Waals surface area contributed by atoms with Gasteiger partial charge in [0.15, 0.2) is 0 Å². The number of piperidine rings is 1. The summed E-state index contributed by atoms with van der Waals surface area (Å²) in [4.78, 5) is 6.66. The summed E-state index contributed by atoms with van der Waals surface area (Å²) in [6, 6.07) is 16.4. The molecule has 1 saturated heterocycles. The lowest BCUT2D eigenvalue weighted by Crippen LogP contribution is -2.32. The third-order valence-corrected chi connectivity index (χ3v) is 5.06. The molecule has 2 heterocycles. The van der Waals surface area contributed by atoms with E-state index in [9.17, 15) is 5.11 Å². The van der Waals surface area contributed by atoms with E-state index in [4.69, 9.17) is 0 Å². The molecule has 0 radical (unpaired) electrons. The maximum Gasteiger partial charge on any atom is 0.116 e. The minimum atomic E-state index is 0.327. The molecule has 2 aromatic carbocycles. The number of fused-ring (bicyclic) bond motifs is 1. The third kappa shape index (κ3) is 3.26. The number of hydrogen-bond acceptors (Lipinski definition) is 3. The van der Waals surface area contributed by atoms with Crippen molar-refractivity contribution in [3.63, 3.8) is 0 Å². The second kappa shape index (κ2) is 6.62. The summed E-state index contributed by atoms with van der Waals surface area (Å²) in [5, 5.41) is 11.9. The molecule has 4 rings (SSSR count). The minimum absolute atomic E-state index is 0.327. The number of hydrogen-bond donors (Lipinski definition) is 1. The van der Waals surface area contributed by atoms with Crippen LogP contribution in [-0.4, -0.2) is 28.1 Å².